The zero-order valence-electron chi connectivity index (χ0n) is 8.38. The summed E-state index contributed by atoms with van der Waals surface area (Å²) in [5.41, 5.74) is 0. The first-order chi connectivity index (χ1) is 5.83. The third-order valence-electron chi connectivity index (χ3n) is 2.70. The molecule has 0 amide bonds. The second kappa shape index (κ2) is 5.87. The van der Waals surface area contributed by atoms with E-state index in [4.69, 9.17) is 0 Å². The molecule has 0 aromatic carbocycles. The average Bonchev–Trinajstić information content (AvgIpc) is 2.09. The lowest BCUT2D eigenvalue weighted by Gasteiger charge is -2.29. The molecule has 1 fully saturated rings. The van der Waals surface area contributed by atoms with Crippen LogP contribution in [0.15, 0.2) is 0 Å². The summed E-state index contributed by atoms with van der Waals surface area (Å²) >= 11 is 1.96. The smallest absolute Gasteiger partial charge is 0.00109 e. The summed E-state index contributed by atoms with van der Waals surface area (Å²) in [5.74, 6) is 2.30. The summed E-state index contributed by atoms with van der Waals surface area (Å²) in [5, 5.41) is 0. The first-order valence-corrected chi connectivity index (χ1v) is 6.43. The Kier molecular flexibility index (Phi) is 5.08. The van der Waals surface area contributed by atoms with Gasteiger partial charge >= 0.3 is 0 Å². The normalized spacial score (nSPS) is 21.5. The number of hydrogen-bond acceptors (Lipinski definition) is 2. The summed E-state index contributed by atoms with van der Waals surface area (Å²) in [6.45, 7) is 6.39. The Morgan fingerprint density at radius 1 is 1.33 bits per heavy atom. The van der Waals surface area contributed by atoms with E-state index in [0.29, 0.717) is 0 Å². The minimum absolute atomic E-state index is 0.974. The van der Waals surface area contributed by atoms with Gasteiger partial charge in [-0.05, 0) is 56.8 Å². The highest BCUT2D eigenvalue weighted by atomic mass is 32.2. The highest BCUT2D eigenvalue weighted by molar-refractivity contribution is 7.98. The van der Waals surface area contributed by atoms with E-state index in [1.807, 2.05) is 11.8 Å². The van der Waals surface area contributed by atoms with E-state index < -0.39 is 0 Å². The topological polar surface area (TPSA) is 3.24 Å². The molecule has 0 atom stereocenters. The minimum Gasteiger partial charge on any atom is -0.303 e. The summed E-state index contributed by atoms with van der Waals surface area (Å²) in [4.78, 5) is 2.62. The van der Waals surface area contributed by atoms with Gasteiger partial charge in [-0.25, -0.2) is 0 Å². The zero-order chi connectivity index (χ0) is 8.81. The second-order valence-corrected chi connectivity index (χ2v) is 4.86. The fourth-order valence-electron chi connectivity index (χ4n) is 1.72. The van der Waals surface area contributed by atoms with Crippen molar-refractivity contribution >= 4 is 11.8 Å². The van der Waals surface area contributed by atoms with Crippen molar-refractivity contribution in [3.05, 3.63) is 0 Å². The van der Waals surface area contributed by atoms with Crippen molar-refractivity contribution in [2.45, 2.75) is 26.2 Å². The van der Waals surface area contributed by atoms with Gasteiger partial charge in [0.2, 0.25) is 0 Å². The maximum Gasteiger partial charge on any atom is -0.00109 e. The zero-order valence-corrected chi connectivity index (χ0v) is 9.20. The molecule has 1 aliphatic heterocycles. The van der Waals surface area contributed by atoms with E-state index in [2.05, 4.69) is 18.1 Å². The summed E-state index contributed by atoms with van der Waals surface area (Å²) in [6, 6.07) is 0. The van der Waals surface area contributed by atoms with Gasteiger partial charge in [-0.15, -0.1) is 0 Å². The summed E-state index contributed by atoms with van der Waals surface area (Å²) < 4.78 is 0. The summed E-state index contributed by atoms with van der Waals surface area (Å²) in [7, 11) is 0. The maximum absolute atomic E-state index is 2.62. The SMILES string of the molecule is CSCCCN1CCC(C)CC1. The standard InChI is InChI=1S/C10H21NS/c1-10-4-7-11(8-5-10)6-3-9-12-2/h10H,3-9H2,1-2H3. The van der Waals surface area contributed by atoms with Crippen LogP contribution in [0.1, 0.15) is 26.2 Å². The van der Waals surface area contributed by atoms with Crippen LogP contribution in [0.3, 0.4) is 0 Å². The first-order valence-electron chi connectivity index (χ1n) is 5.04. The molecule has 2 heteroatoms. The molecule has 1 saturated heterocycles. The summed E-state index contributed by atoms with van der Waals surface area (Å²) in [6.07, 6.45) is 6.40. The lowest BCUT2D eigenvalue weighted by atomic mass is 9.99. The Balaban J connectivity index is 2.01. The van der Waals surface area contributed by atoms with Crippen LogP contribution in [0.4, 0.5) is 0 Å². The first kappa shape index (κ1) is 10.4. The molecule has 1 heterocycles. The molecule has 72 valence electrons. The molecule has 1 rings (SSSR count). The molecule has 0 aromatic heterocycles. The molecule has 0 bridgehead atoms. The van der Waals surface area contributed by atoms with Crippen LogP contribution in [0.2, 0.25) is 0 Å². The Morgan fingerprint density at radius 2 is 2.00 bits per heavy atom. The molecule has 0 aliphatic carbocycles. The van der Waals surface area contributed by atoms with Crippen LogP contribution in [0.25, 0.3) is 0 Å². The van der Waals surface area contributed by atoms with Crippen molar-refractivity contribution in [3.63, 3.8) is 0 Å². The van der Waals surface area contributed by atoms with Crippen LogP contribution in [-0.2, 0) is 0 Å². The second-order valence-electron chi connectivity index (χ2n) is 3.87. The van der Waals surface area contributed by atoms with Gasteiger partial charge in [0.1, 0.15) is 0 Å². The lowest BCUT2D eigenvalue weighted by molar-refractivity contribution is 0.193. The fraction of sp³-hybridized carbons (Fsp3) is 1.00. The van der Waals surface area contributed by atoms with Gasteiger partial charge in [-0.3, -0.25) is 0 Å². The van der Waals surface area contributed by atoms with Crippen molar-refractivity contribution in [2.75, 3.05) is 31.6 Å². The maximum atomic E-state index is 2.62. The average molecular weight is 187 g/mol. The van der Waals surface area contributed by atoms with Gasteiger partial charge in [0.05, 0.1) is 0 Å². The number of hydrogen-bond donors (Lipinski definition) is 0. The quantitative estimate of drug-likeness (QED) is 0.622. The molecule has 0 saturated carbocycles. The van der Waals surface area contributed by atoms with Crippen LogP contribution in [-0.4, -0.2) is 36.5 Å². The van der Waals surface area contributed by atoms with Crippen molar-refractivity contribution in [2.24, 2.45) is 5.92 Å². The van der Waals surface area contributed by atoms with Crippen LogP contribution in [0.5, 0.6) is 0 Å². The van der Waals surface area contributed by atoms with Gasteiger partial charge in [-0.2, -0.15) is 11.8 Å². The highest BCUT2D eigenvalue weighted by Crippen LogP contribution is 2.16. The molecule has 1 aliphatic rings. The van der Waals surface area contributed by atoms with Gasteiger partial charge in [0.15, 0.2) is 0 Å². The van der Waals surface area contributed by atoms with Gasteiger partial charge in [-0.1, -0.05) is 6.92 Å². The number of thioether (sulfide) groups is 1. The van der Waals surface area contributed by atoms with E-state index in [-0.39, 0.29) is 0 Å². The number of likely N-dealkylation sites (tertiary alicyclic amines) is 1. The van der Waals surface area contributed by atoms with Gasteiger partial charge in [0.25, 0.3) is 0 Å². The van der Waals surface area contributed by atoms with Gasteiger partial charge in [0, 0.05) is 0 Å². The van der Waals surface area contributed by atoms with Crippen LogP contribution in [0, 0.1) is 5.92 Å². The lowest BCUT2D eigenvalue weighted by Crippen LogP contribution is -2.33. The predicted octanol–water partition coefficient (Wildman–Crippen LogP) is 2.47. The predicted molar refractivity (Wildman–Crippen MR) is 57.8 cm³/mol. The van der Waals surface area contributed by atoms with E-state index in [1.54, 1.807) is 0 Å². The van der Waals surface area contributed by atoms with E-state index in [0.717, 1.165) is 5.92 Å². The third kappa shape index (κ3) is 3.81. The van der Waals surface area contributed by atoms with Gasteiger partial charge < -0.3 is 4.90 Å². The molecular weight excluding hydrogens is 166 g/mol. The van der Waals surface area contributed by atoms with Crippen molar-refractivity contribution in [1.82, 2.24) is 4.90 Å². The largest absolute Gasteiger partial charge is 0.303 e. The molecule has 0 radical (unpaired) electrons. The molecule has 0 unspecified atom stereocenters. The van der Waals surface area contributed by atoms with Crippen molar-refractivity contribution < 1.29 is 0 Å². The molecule has 0 spiro atoms. The van der Waals surface area contributed by atoms with Crippen molar-refractivity contribution in [3.8, 4) is 0 Å². The Hall–Kier alpha value is 0.310. The van der Waals surface area contributed by atoms with Crippen LogP contribution < -0.4 is 0 Å². The molecule has 1 nitrogen and oxygen atoms in total. The number of rotatable bonds is 4. The van der Waals surface area contributed by atoms with Crippen LogP contribution >= 0.6 is 11.8 Å². The highest BCUT2D eigenvalue weighted by Gasteiger charge is 2.14. The fourth-order valence-corrected chi connectivity index (χ4v) is 2.14. The van der Waals surface area contributed by atoms with E-state index in [1.165, 1.54) is 44.6 Å². The Labute approximate surface area is 80.9 Å². The minimum atomic E-state index is 0.974. The molecule has 0 aromatic rings. The Morgan fingerprint density at radius 3 is 2.58 bits per heavy atom. The van der Waals surface area contributed by atoms with E-state index >= 15 is 0 Å². The third-order valence-corrected chi connectivity index (χ3v) is 3.40. The molecule has 12 heavy (non-hydrogen) atoms. The Bertz CT molecular complexity index is 108. The molecule has 0 N–H and O–H groups in total. The molecular formula is C10H21NS. The van der Waals surface area contributed by atoms with Crippen molar-refractivity contribution in [1.29, 1.82) is 0 Å². The number of nitrogens with zero attached hydrogens (tertiary/aromatic N) is 1. The van der Waals surface area contributed by atoms with E-state index in [9.17, 15) is 0 Å². The monoisotopic (exact) mass is 187 g/mol. The number of piperidine rings is 1.